The molecule has 3 heterocycles. The Kier molecular flexibility index (Phi) is 5.16. The van der Waals surface area contributed by atoms with Crippen LogP contribution in [0.25, 0.3) is 11.1 Å². The molecule has 0 aromatic carbocycles. The minimum Gasteiger partial charge on any atom is -0.442 e. The predicted octanol–water partition coefficient (Wildman–Crippen LogP) is 2.95. The van der Waals surface area contributed by atoms with Gasteiger partial charge < -0.3 is 9.15 Å². The Morgan fingerprint density at radius 3 is 2.78 bits per heavy atom. The number of aryl methyl sites for hydroxylation is 1. The molecule has 0 aliphatic heterocycles. The van der Waals surface area contributed by atoms with Gasteiger partial charge in [0.15, 0.2) is 5.13 Å². The highest BCUT2D eigenvalue weighted by atomic mass is 32.1. The summed E-state index contributed by atoms with van der Waals surface area (Å²) in [5.41, 5.74) is 0.762. The molecule has 3 aromatic rings. The molecule has 0 unspecified atom stereocenters. The first-order valence-corrected chi connectivity index (χ1v) is 9.35. The lowest BCUT2D eigenvalue weighted by Crippen LogP contribution is -2.24. The second kappa shape index (κ2) is 7.24. The quantitative estimate of drug-likeness (QED) is 0.719. The standard InChI is InChI=1S/C18H22N4O4S/c1-10-12(14(23)21-17-20-11(8-27-17)18(2,3)4)13-15(26-10)19-9-22(16(13)24)6-7-25-5/h8-9H,6-7H2,1-5H3,(H,20,21,23). The average Bonchev–Trinajstić information content (AvgIpc) is 3.18. The van der Waals surface area contributed by atoms with Crippen molar-refractivity contribution in [1.29, 1.82) is 0 Å². The summed E-state index contributed by atoms with van der Waals surface area (Å²) in [6.45, 7) is 8.49. The molecule has 27 heavy (non-hydrogen) atoms. The van der Waals surface area contributed by atoms with E-state index in [1.165, 1.54) is 22.2 Å². The highest BCUT2D eigenvalue weighted by molar-refractivity contribution is 7.14. The molecular formula is C18H22N4O4S. The fourth-order valence-corrected chi connectivity index (χ4v) is 3.53. The van der Waals surface area contributed by atoms with Gasteiger partial charge in [-0.05, 0) is 6.92 Å². The van der Waals surface area contributed by atoms with Gasteiger partial charge in [0.25, 0.3) is 11.5 Å². The Hall–Kier alpha value is -2.52. The van der Waals surface area contributed by atoms with Gasteiger partial charge in [0.05, 0.1) is 24.4 Å². The Labute approximate surface area is 160 Å². The van der Waals surface area contributed by atoms with Crippen molar-refractivity contribution in [3.63, 3.8) is 0 Å². The number of hydrogen-bond donors (Lipinski definition) is 1. The maximum absolute atomic E-state index is 12.8. The van der Waals surface area contributed by atoms with Gasteiger partial charge in [-0.2, -0.15) is 0 Å². The molecule has 0 aliphatic rings. The van der Waals surface area contributed by atoms with Crippen LogP contribution in [0.15, 0.2) is 20.9 Å². The van der Waals surface area contributed by atoms with E-state index in [0.717, 1.165) is 5.69 Å². The average molecular weight is 390 g/mol. The number of furan rings is 1. The monoisotopic (exact) mass is 390 g/mol. The normalized spacial score (nSPS) is 11.9. The van der Waals surface area contributed by atoms with Gasteiger partial charge in [-0.15, -0.1) is 11.3 Å². The van der Waals surface area contributed by atoms with Crippen LogP contribution in [0, 0.1) is 6.92 Å². The van der Waals surface area contributed by atoms with Gasteiger partial charge in [-0.3, -0.25) is 19.5 Å². The first-order valence-electron chi connectivity index (χ1n) is 8.47. The van der Waals surface area contributed by atoms with Crippen LogP contribution in [0.2, 0.25) is 0 Å². The van der Waals surface area contributed by atoms with Crippen LogP contribution in [-0.4, -0.2) is 34.2 Å². The van der Waals surface area contributed by atoms with Crippen molar-refractivity contribution in [2.75, 3.05) is 19.0 Å². The molecule has 0 radical (unpaired) electrons. The van der Waals surface area contributed by atoms with Gasteiger partial charge in [0, 0.05) is 17.9 Å². The minimum absolute atomic E-state index is 0.114. The van der Waals surface area contributed by atoms with Crippen LogP contribution in [-0.2, 0) is 16.7 Å². The molecule has 0 atom stereocenters. The van der Waals surface area contributed by atoms with Gasteiger partial charge in [-0.1, -0.05) is 20.8 Å². The Balaban J connectivity index is 1.97. The van der Waals surface area contributed by atoms with Gasteiger partial charge in [0.2, 0.25) is 5.71 Å². The van der Waals surface area contributed by atoms with E-state index in [4.69, 9.17) is 9.15 Å². The third-order valence-corrected chi connectivity index (χ3v) is 4.87. The molecule has 0 spiro atoms. The number of carbonyl (C=O) groups excluding carboxylic acids is 1. The molecule has 3 rings (SSSR count). The summed E-state index contributed by atoms with van der Waals surface area (Å²) >= 11 is 1.34. The number of rotatable bonds is 5. The lowest BCUT2D eigenvalue weighted by molar-refractivity contribution is 0.102. The number of anilines is 1. The maximum atomic E-state index is 12.8. The second-order valence-electron chi connectivity index (χ2n) is 7.19. The summed E-state index contributed by atoms with van der Waals surface area (Å²) in [6, 6.07) is 0. The van der Waals surface area contributed by atoms with Gasteiger partial charge >= 0.3 is 0 Å². The van der Waals surface area contributed by atoms with Crippen LogP contribution in [0.3, 0.4) is 0 Å². The molecule has 1 amide bonds. The van der Waals surface area contributed by atoms with E-state index >= 15 is 0 Å². The van der Waals surface area contributed by atoms with Crippen molar-refractivity contribution in [2.45, 2.75) is 39.7 Å². The summed E-state index contributed by atoms with van der Waals surface area (Å²) in [7, 11) is 1.55. The summed E-state index contributed by atoms with van der Waals surface area (Å²) in [5.74, 6) is -0.103. The summed E-state index contributed by atoms with van der Waals surface area (Å²) in [5, 5.41) is 5.32. The largest absolute Gasteiger partial charge is 0.442 e. The number of ether oxygens (including phenoxy) is 1. The van der Waals surface area contributed by atoms with E-state index in [9.17, 15) is 9.59 Å². The Morgan fingerprint density at radius 1 is 1.41 bits per heavy atom. The molecule has 0 saturated carbocycles. The van der Waals surface area contributed by atoms with E-state index in [2.05, 4.69) is 36.1 Å². The van der Waals surface area contributed by atoms with Gasteiger partial charge in [-0.25, -0.2) is 9.97 Å². The van der Waals surface area contributed by atoms with Crippen LogP contribution in [0.1, 0.15) is 42.6 Å². The number of fused-ring (bicyclic) bond motifs is 1. The number of methoxy groups -OCH3 is 1. The second-order valence-corrected chi connectivity index (χ2v) is 8.05. The number of thiazole rings is 1. The predicted molar refractivity (Wildman–Crippen MR) is 104 cm³/mol. The zero-order chi connectivity index (χ0) is 19.8. The molecule has 9 heteroatoms. The van der Waals surface area contributed by atoms with Crippen molar-refractivity contribution in [3.8, 4) is 0 Å². The summed E-state index contributed by atoms with van der Waals surface area (Å²) in [4.78, 5) is 34.2. The van der Waals surface area contributed by atoms with Crippen LogP contribution >= 0.6 is 11.3 Å². The lowest BCUT2D eigenvalue weighted by atomic mass is 9.93. The smallest absolute Gasteiger partial charge is 0.265 e. The first kappa shape index (κ1) is 19.2. The molecule has 0 bridgehead atoms. The Bertz CT molecular complexity index is 1040. The lowest BCUT2D eigenvalue weighted by Gasteiger charge is -2.14. The van der Waals surface area contributed by atoms with Crippen molar-refractivity contribution in [1.82, 2.24) is 14.5 Å². The first-order chi connectivity index (χ1) is 12.7. The highest BCUT2D eigenvalue weighted by Gasteiger charge is 2.24. The van der Waals surface area contributed by atoms with Crippen molar-refractivity contribution < 1.29 is 13.9 Å². The van der Waals surface area contributed by atoms with E-state index in [0.29, 0.717) is 24.0 Å². The number of amides is 1. The Morgan fingerprint density at radius 2 is 2.15 bits per heavy atom. The summed E-state index contributed by atoms with van der Waals surface area (Å²) < 4.78 is 11.9. The zero-order valence-electron chi connectivity index (χ0n) is 16.0. The summed E-state index contributed by atoms with van der Waals surface area (Å²) in [6.07, 6.45) is 1.39. The maximum Gasteiger partial charge on any atom is 0.265 e. The van der Waals surface area contributed by atoms with Crippen LogP contribution < -0.4 is 10.9 Å². The number of nitrogens with zero attached hydrogens (tertiary/aromatic N) is 3. The van der Waals surface area contributed by atoms with E-state index in [-0.39, 0.29) is 27.6 Å². The molecular weight excluding hydrogens is 368 g/mol. The van der Waals surface area contributed by atoms with Crippen LogP contribution in [0.5, 0.6) is 0 Å². The molecule has 1 N–H and O–H groups in total. The SMILES string of the molecule is COCCn1cnc2oc(C)c(C(=O)Nc3nc(C(C)(C)C)cs3)c2c1=O. The fourth-order valence-electron chi connectivity index (χ4n) is 2.60. The van der Waals surface area contributed by atoms with Crippen molar-refractivity contribution in [2.24, 2.45) is 0 Å². The molecule has 3 aromatic heterocycles. The number of carbonyl (C=O) groups is 1. The molecule has 0 saturated heterocycles. The van der Waals surface area contributed by atoms with Crippen molar-refractivity contribution in [3.05, 3.63) is 39.1 Å². The van der Waals surface area contributed by atoms with E-state index < -0.39 is 5.91 Å². The third-order valence-electron chi connectivity index (χ3n) is 4.11. The van der Waals surface area contributed by atoms with Crippen molar-refractivity contribution >= 4 is 33.5 Å². The highest BCUT2D eigenvalue weighted by Crippen LogP contribution is 2.28. The van der Waals surface area contributed by atoms with E-state index in [1.807, 2.05) is 5.38 Å². The van der Waals surface area contributed by atoms with E-state index in [1.54, 1.807) is 14.0 Å². The topological polar surface area (TPSA) is 99.2 Å². The molecule has 144 valence electrons. The number of aromatic nitrogens is 3. The third kappa shape index (κ3) is 3.79. The number of nitrogens with one attached hydrogen (secondary N) is 1. The minimum atomic E-state index is -0.440. The molecule has 0 fully saturated rings. The fraction of sp³-hybridized carbons (Fsp3) is 0.444. The molecule has 8 nitrogen and oxygen atoms in total. The molecule has 0 aliphatic carbocycles. The van der Waals surface area contributed by atoms with Crippen LogP contribution in [0.4, 0.5) is 5.13 Å². The van der Waals surface area contributed by atoms with Gasteiger partial charge in [0.1, 0.15) is 17.5 Å². The number of hydrogen-bond acceptors (Lipinski definition) is 7. The zero-order valence-corrected chi connectivity index (χ0v) is 16.8.